The number of hydrogen-bond donors (Lipinski definition) is 3. The predicted octanol–water partition coefficient (Wildman–Crippen LogP) is 2.99. The lowest BCUT2D eigenvalue weighted by molar-refractivity contribution is -0.146. The highest BCUT2D eigenvalue weighted by atomic mass is 32.2. The molecule has 0 aliphatic carbocycles. The van der Waals surface area contributed by atoms with Crippen molar-refractivity contribution in [2.45, 2.75) is 62.3 Å². The number of hydrogen-bond acceptors (Lipinski definition) is 11. The van der Waals surface area contributed by atoms with Gasteiger partial charge >= 0.3 is 25.3 Å². The highest BCUT2D eigenvalue weighted by Crippen LogP contribution is 2.53. The number of nitrogen functional groups attached to an aromatic ring is 1. The summed E-state index contributed by atoms with van der Waals surface area (Å²) in [4.78, 5) is 31.6. The second-order valence-electron chi connectivity index (χ2n) is 8.91. The Bertz CT molecular complexity index is 1220. The number of alkyl halides is 2. The fourth-order valence-corrected chi connectivity index (χ4v) is 6.66. The van der Waals surface area contributed by atoms with Crippen molar-refractivity contribution in [2.24, 2.45) is 5.92 Å². The van der Waals surface area contributed by atoms with Crippen LogP contribution in [0.25, 0.3) is 0 Å². The van der Waals surface area contributed by atoms with Crippen LogP contribution >= 0.6 is 19.5 Å². The molecule has 1 fully saturated rings. The summed E-state index contributed by atoms with van der Waals surface area (Å²) in [5.41, 5.74) is 4.26. The molecule has 0 bridgehead atoms. The number of aromatic nitrogens is 3. The molecule has 1 aromatic carbocycles. The summed E-state index contributed by atoms with van der Waals surface area (Å²) in [6.45, 7) is 4.84. The lowest BCUT2D eigenvalue weighted by atomic mass is 10.1. The van der Waals surface area contributed by atoms with Crippen LogP contribution in [0.4, 0.5) is 14.7 Å². The summed E-state index contributed by atoms with van der Waals surface area (Å²) in [7, 11) is -4.37. The number of nitrogens with zero attached hydrogens (tertiary/aromatic N) is 3. The number of para-hydroxylation sites is 1. The molecule has 4 N–H and O–H groups in total. The minimum absolute atomic E-state index is 0.124. The fourth-order valence-electron chi connectivity index (χ4n) is 3.64. The van der Waals surface area contributed by atoms with Gasteiger partial charge in [-0.3, -0.25) is 13.9 Å². The van der Waals surface area contributed by atoms with Gasteiger partial charge in [0, 0.05) is 0 Å². The molecule has 0 saturated carbocycles. The molecular formula is C23H32F2N5O7PS. The molecule has 39 heavy (non-hydrogen) atoms. The molecule has 216 valence electrons. The van der Waals surface area contributed by atoms with E-state index in [-0.39, 0.29) is 24.2 Å². The molecule has 1 aliphatic heterocycles. The van der Waals surface area contributed by atoms with E-state index >= 15 is 0 Å². The largest absolute Gasteiger partial charge is 0.464 e. The van der Waals surface area contributed by atoms with Crippen LogP contribution < -0.4 is 21.0 Å². The van der Waals surface area contributed by atoms with Crippen LogP contribution in [0.1, 0.15) is 39.0 Å². The maximum Gasteiger partial charge on any atom is 0.459 e. The lowest BCUT2D eigenvalue weighted by Gasteiger charge is -2.25. The highest BCUT2D eigenvalue weighted by molar-refractivity contribution is 8.00. The molecule has 0 amide bonds. The fraction of sp³-hybridized carbons (Fsp3) is 0.565. The number of benzene rings is 1. The smallest absolute Gasteiger partial charge is 0.459 e. The van der Waals surface area contributed by atoms with E-state index in [4.69, 9.17) is 19.5 Å². The Balaban J connectivity index is 1.75. The second kappa shape index (κ2) is 13.2. The maximum atomic E-state index is 15.0. The van der Waals surface area contributed by atoms with Crippen molar-refractivity contribution in [1.82, 2.24) is 19.6 Å². The van der Waals surface area contributed by atoms with E-state index < -0.39 is 54.7 Å². The van der Waals surface area contributed by atoms with Crippen molar-refractivity contribution in [1.29, 1.82) is 0 Å². The lowest BCUT2D eigenvalue weighted by Crippen LogP contribution is -2.42. The number of aliphatic hydroxyl groups is 1. The number of ether oxygens (including phenoxy) is 1. The SMILES string of the molecule is CCC(CC)COC(=O)[C@H](C)NP(=O)(OC[C@H]1S[C@@H](n2cnc(N)nc2=O)C(F)(F)[C@H]1O)Oc1ccccc1. The van der Waals surface area contributed by atoms with E-state index in [1.54, 1.807) is 18.2 Å². The Hall–Kier alpha value is -2.58. The van der Waals surface area contributed by atoms with Crippen LogP contribution in [0.15, 0.2) is 41.5 Å². The van der Waals surface area contributed by atoms with Crippen molar-refractivity contribution in [3.05, 3.63) is 47.1 Å². The van der Waals surface area contributed by atoms with E-state index in [1.807, 2.05) is 13.8 Å². The zero-order valence-corrected chi connectivity index (χ0v) is 23.3. The number of rotatable bonds is 13. The van der Waals surface area contributed by atoms with Crippen molar-refractivity contribution >= 4 is 31.4 Å². The van der Waals surface area contributed by atoms with E-state index in [2.05, 4.69) is 15.1 Å². The van der Waals surface area contributed by atoms with Gasteiger partial charge in [-0.05, 0) is 25.0 Å². The monoisotopic (exact) mass is 591 g/mol. The van der Waals surface area contributed by atoms with E-state index in [0.29, 0.717) is 16.3 Å². The van der Waals surface area contributed by atoms with E-state index in [9.17, 15) is 28.0 Å². The molecule has 16 heteroatoms. The summed E-state index contributed by atoms with van der Waals surface area (Å²) < 4.78 is 60.5. The third-order valence-electron chi connectivity index (χ3n) is 6.08. The number of esters is 1. The summed E-state index contributed by atoms with van der Waals surface area (Å²) in [6, 6.07) is 6.76. The number of nitrogens with one attached hydrogen (secondary N) is 1. The van der Waals surface area contributed by atoms with Crippen LogP contribution in [0.3, 0.4) is 0 Å². The molecule has 2 heterocycles. The van der Waals surface area contributed by atoms with Gasteiger partial charge < -0.3 is 20.1 Å². The number of halogens is 2. The number of carbonyl (C=O) groups excluding carboxylic acids is 1. The standard InChI is InChI=1S/C23H32F2N5O7PS/c1-4-15(5-2)11-35-19(32)14(3)29-38(34,37-16-9-7-6-8-10-16)36-12-17-18(31)23(24,25)20(39-17)30-13-27-21(26)28-22(30)33/h6-10,13-15,17-18,20,31H,4-5,11-12H2,1-3H3,(H,29,34)(H2,26,28,33)/t14-,17+,18-,20+,38?/m0/s1. The summed E-state index contributed by atoms with van der Waals surface area (Å²) in [5, 5.41) is 9.63. The minimum atomic E-state index is -4.37. The van der Waals surface area contributed by atoms with Crippen molar-refractivity contribution in [2.75, 3.05) is 18.9 Å². The van der Waals surface area contributed by atoms with Crippen molar-refractivity contribution in [3.8, 4) is 5.75 Å². The number of aliphatic hydroxyl groups excluding tert-OH is 1. The van der Waals surface area contributed by atoms with Gasteiger partial charge in [0.05, 0.1) is 18.5 Å². The first kappa shape index (κ1) is 31.0. The molecule has 1 unspecified atom stereocenters. The molecule has 0 radical (unpaired) electrons. The third-order valence-corrected chi connectivity index (χ3v) is 9.26. The van der Waals surface area contributed by atoms with E-state index in [0.717, 1.165) is 19.2 Å². The number of thioether (sulfide) groups is 1. The molecule has 2 aromatic rings. The topological polar surface area (TPSA) is 168 Å². The molecule has 0 spiro atoms. The molecule has 5 atom stereocenters. The van der Waals surface area contributed by atoms with Crippen molar-refractivity contribution < 1.29 is 37.0 Å². The normalized spacial score (nSPS) is 22.8. The minimum Gasteiger partial charge on any atom is -0.464 e. The van der Waals surface area contributed by atoms with Gasteiger partial charge in [-0.2, -0.15) is 10.1 Å². The second-order valence-corrected chi connectivity index (χ2v) is 11.9. The first-order valence-electron chi connectivity index (χ1n) is 12.3. The van der Waals surface area contributed by atoms with Crippen LogP contribution in [-0.4, -0.2) is 62.1 Å². The van der Waals surface area contributed by atoms with Gasteiger partial charge in [0.25, 0.3) is 0 Å². The Morgan fingerprint density at radius 2 is 1.97 bits per heavy atom. The molecule has 1 saturated heterocycles. The van der Waals surface area contributed by atoms with E-state index in [1.165, 1.54) is 19.1 Å². The average Bonchev–Trinajstić information content (AvgIpc) is 3.12. The van der Waals surface area contributed by atoms with Crippen molar-refractivity contribution in [3.63, 3.8) is 0 Å². The molecule has 1 aliphatic rings. The quantitative estimate of drug-likeness (QED) is 0.230. The van der Waals surface area contributed by atoms with Crippen LogP contribution in [0.2, 0.25) is 0 Å². The van der Waals surface area contributed by atoms with Crippen LogP contribution in [0.5, 0.6) is 5.75 Å². The van der Waals surface area contributed by atoms with Gasteiger partial charge in [0.15, 0.2) is 5.37 Å². The van der Waals surface area contributed by atoms with Gasteiger partial charge in [0.2, 0.25) is 5.95 Å². The predicted molar refractivity (Wildman–Crippen MR) is 140 cm³/mol. The number of carbonyl (C=O) groups is 1. The first-order valence-corrected chi connectivity index (χ1v) is 14.7. The summed E-state index contributed by atoms with van der Waals surface area (Å²) >= 11 is 0.508. The maximum absolute atomic E-state index is 15.0. The van der Waals surface area contributed by atoms with Gasteiger partial charge in [-0.15, -0.1) is 11.8 Å². The van der Waals surface area contributed by atoms with Gasteiger partial charge in [-0.1, -0.05) is 44.9 Å². The Labute approximate surface area is 228 Å². The summed E-state index contributed by atoms with van der Waals surface area (Å²) in [6.07, 6.45) is 0.147. The zero-order chi connectivity index (χ0) is 28.8. The highest BCUT2D eigenvalue weighted by Gasteiger charge is 2.59. The molecule has 12 nitrogen and oxygen atoms in total. The summed E-state index contributed by atoms with van der Waals surface area (Å²) in [5.74, 6) is -4.60. The Kier molecular flexibility index (Phi) is 10.5. The molecular weight excluding hydrogens is 559 g/mol. The molecule has 3 rings (SSSR count). The molecule has 1 aromatic heterocycles. The third kappa shape index (κ3) is 7.76. The van der Waals surface area contributed by atoms with Gasteiger partial charge in [0.1, 0.15) is 24.2 Å². The first-order chi connectivity index (χ1) is 18.4. The Morgan fingerprint density at radius 3 is 2.59 bits per heavy atom. The van der Waals surface area contributed by atoms with Crippen LogP contribution in [0, 0.1) is 5.92 Å². The Morgan fingerprint density at radius 1 is 1.31 bits per heavy atom. The van der Waals surface area contributed by atoms with Crippen LogP contribution in [-0.2, 0) is 18.6 Å². The zero-order valence-electron chi connectivity index (χ0n) is 21.6. The average molecular weight is 592 g/mol. The number of nitrogens with two attached hydrogens (primary N) is 1. The van der Waals surface area contributed by atoms with Gasteiger partial charge in [-0.25, -0.2) is 23.1 Å². The number of anilines is 1.